The Labute approximate surface area is 135 Å². The van der Waals surface area contributed by atoms with Gasteiger partial charge in [0.05, 0.1) is 6.10 Å². The fourth-order valence-electron chi connectivity index (χ4n) is 7.37. The molecule has 3 fully saturated rings. The summed E-state index contributed by atoms with van der Waals surface area (Å²) in [6, 6.07) is 0. The SMILES string of the molecule is C[C@@]12C=CC[C@H]1[C@@H]1CCC3CCCC[C@@]3(CCO)[C@H]1[C@H](O)C2. The van der Waals surface area contributed by atoms with Gasteiger partial charge in [0.2, 0.25) is 0 Å². The maximum atomic E-state index is 11.1. The molecule has 0 spiro atoms. The Morgan fingerprint density at radius 1 is 1.18 bits per heavy atom. The van der Waals surface area contributed by atoms with Crippen LogP contribution in [0.3, 0.4) is 0 Å². The van der Waals surface area contributed by atoms with Crippen LogP contribution in [0.2, 0.25) is 0 Å². The van der Waals surface area contributed by atoms with Crippen LogP contribution in [0.25, 0.3) is 0 Å². The monoisotopic (exact) mass is 304 g/mol. The van der Waals surface area contributed by atoms with E-state index in [0.29, 0.717) is 18.4 Å². The molecule has 124 valence electrons. The van der Waals surface area contributed by atoms with Crippen molar-refractivity contribution in [1.82, 2.24) is 0 Å². The molecule has 22 heavy (non-hydrogen) atoms. The van der Waals surface area contributed by atoms with Gasteiger partial charge in [0.1, 0.15) is 0 Å². The second-order valence-electron chi connectivity index (χ2n) is 8.94. The number of hydrogen-bond donors (Lipinski definition) is 2. The predicted molar refractivity (Wildman–Crippen MR) is 88.3 cm³/mol. The van der Waals surface area contributed by atoms with Crippen molar-refractivity contribution in [2.75, 3.05) is 6.61 Å². The van der Waals surface area contributed by atoms with E-state index in [1.165, 1.54) is 44.9 Å². The van der Waals surface area contributed by atoms with Gasteiger partial charge in [0, 0.05) is 6.61 Å². The van der Waals surface area contributed by atoms with Crippen LogP contribution >= 0.6 is 0 Å². The van der Waals surface area contributed by atoms with Crippen molar-refractivity contribution >= 4 is 0 Å². The Bertz CT molecular complexity index is 455. The van der Waals surface area contributed by atoms with Crippen molar-refractivity contribution in [2.45, 2.75) is 70.8 Å². The molecule has 1 unspecified atom stereocenters. The molecule has 0 heterocycles. The largest absolute Gasteiger partial charge is 0.396 e. The molecule has 2 N–H and O–H groups in total. The van der Waals surface area contributed by atoms with E-state index in [1.54, 1.807) is 0 Å². The van der Waals surface area contributed by atoms with Gasteiger partial charge in [-0.3, -0.25) is 0 Å². The second kappa shape index (κ2) is 5.34. The normalized spacial score (nSPS) is 53.7. The molecule has 0 aromatic rings. The minimum Gasteiger partial charge on any atom is -0.396 e. The summed E-state index contributed by atoms with van der Waals surface area (Å²) < 4.78 is 0. The average Bonchev–Trinajstić information content (AvgIpc) is 2.88. The maximum Gasteiger partial charge on any atom is 0.0584 e. The number of aliphatic hydroxyl groups is 2. The summed E-state index contributed by atoms with van der Waals surface area (Å²) in [6.45, 7) is 2.67. The highest BCUT2D eigenvalue weighted by molar-refractivity contribution is 5.18. The van der Waals surface area contributed by atoms with Crippen molar-refractivity contribution < 1.29 is 10.2 Å². The molecule has 0 aromatic carbocycles. The number of aliphatic hydroxyl groups excluding tert-OH is 2. The fourth-order valence-corrected chi connectivity index (χ4v) is 7.37. The topological polar surface area (TPSA) is 40.5 Å². The minimum atomic E-state index is -0.165. The smallest absolute Gasteiger partial charge is 0.0584 e. The van der Waals surface area contributed by atoms with Crippen molar-refractivity contribution in [3.05, 3.63) is 12.2 Å². The molecular weight excluding hydrogens is 272 g/mol. The molecule has 4 rings (SSSR count). The Morgan fingerprint density at radius 3 is 2.86 bits per heavy atom. The minimum absolute atomic E-state index is 0.165. The summed E-state index contributed by atoms with van der Waals surface area (Å²) in [6.07, 6.45) is 15.5. The standard InChI is InChI=1S/C20H32O2/c1-19-9-4-6-16(19)15-8-7-14-5-2-3-10-20(14,11-12-21)18(15)17(22)13-19/h4,9,14-18,21-22H,2-3,5-8,10-13H2,1H3/t14?,15-,16-,17+,18+,19-,20-/m0/s1. The Kier molecular flexibility index (Phi) is 3.69. The third-order valence-corrected chi connectivity index (χ3v) is 8.12. The Morgan fingerprint density at radius 2 is 2.05 bits per heavy atom. The van der Waals surface area contributed by atoms with E-state index >= 15 is 0 Å². The van der Waals surface area contributed by atoms with Crippen molar-refractivity contribution in [3.63, 3.8) is 0 Å². The van der Waals surface area contributed by atoms with Gasteiger partial charge < -0.3 is 10.2 Å². The fraction of sp³-hybridized carbons (Fsp3) is 0.900. The zero-order valence-corrected chi connectivity index (χ0v) is 14.0. The first-order valence-electron chi connectivity index (χ1n) is 9.57. The maximum absolute atomic E-state index is 11.1. The molecular formula is C20H32O2. The van der Waals surface area contributed by atoms with Gasteiger partial charge in [-0.1, -0.05) is 31.9 Å². The van der Waals surface area contributed by atoms with E-state index in [-0.39, 0.29) is 16.9 Å². The molecule has 0 aromatic heterocycles. The number of rotatable bonds is 2. The molecule has 0 bridgehead atoms. The second-order valence-corrected chi connectivity index (χ2v) is 8.94. The zero-order valence-electron chi connectivity index (χ0n) is 14.0. The Hall–Kier alpha value is -0.340. The Balaban J connectivity index is 1.72. The molecule has 0 saturated heterocycles. The molecule has 4 aliphatic rings. The van der Waals surface area contributed by atoms with Crippen molar-refractivity contribution in [2.24, 2.45) is 34.5 Å². The first kappa shape index (κ1) is 15.2. The lowest BCUT2D eigenvalue weighted by Crippen LogP contribution is -2.58. The molecule has 0 amide bonds. The van der Waals surface area contributed by atoms with Gasteiger partial charge >= 0.3 is 0 Å². The van der Waals surface area contributed by atoms with Crippen molar-refractivity contribution in [3.8, 4) is 0 Å². The predicted octanol–water partition coefficient (Wildman–Crippen LogP) is 3.92. The quantitative estimate of drug-likeness (QED) is 0.759. The first-order chi connectivity index (χ1) is 10.6. The van der Waals surface area contributed by atoms with Crippen LogP contribution in [-0.4, -0.2) is 22.9 Å². The van der Waals surface area contributed by atoms with E-state index in [9.17, 15) is 10.2 Å². The lowest BCUT2D eigenvalue weighted by molar-refractivity contribution is -0.169. The third-order valence-electron chi connectivity index (χ3n) is 8.12. The van der Waals surface area contributed by atoms with Crippen molar-refractivity contribution in [1.29, 1.82) is 0 Å². The van der Waals surface area contributed by atoms with E-state index in [4.69, 9.17) is 0 Å². The van der Waals surface area contributed by atoms with E-state index < -0.39 is 0 Å². The molecule has 7 atom stereocenters. The van der Waals surface area contributed by atoms with Gasteiger partial charge in [0.15, 0.2) is 0 Å². The zero-order chi connectivity index (χ0) is 15.4. The molecule has 0 radical (unpaired) electrons. The highest BCUT2D eigenvalue weighted by Gasteiger charge is 2.60. The first-order valence-corrected chi connectivity index (χ1v) is 9.57. The van der Waals surface area contributed by atoms with Gasteiger partial charge in [0.25, 0.3) is 0 Å². The van der Waals surface area contributed by atoms with Crippen LogP contribution in [-0.2, 0) is 0 Å². The summed E-state index contributed by atoms with van der Waals surface area (Å²) in [5.74, 6) is 2.60. The average molecular weight is 304 g/mol. The molecule has 2 heteroatoms. The molecule has 4 aliphatic carbocycles. The third kappa shape index (κ3) is 1.99. The lowest BCUT2D eigenvalue weighted by atomic mass is 9.43. The number of allylic oxidation sites excluding steroid dienone is 2. The summed E-state index contributed by atoms with van der Waals surface area (Å²) in [5.41, 5.74) is 0.460. The summed E-state index contributed by atoms with van der Waals surface area (Å²) in [5, 5.41) is 20.9. The van der Waals surface area contributed by atoms with Crippen LogP contribution in [0.5, 0.6) is 0 Å². The molecule has 2 nitrogen and oxygen atoms in total. The summed E-state index contributed by atoms with van der Waals surface area (Å²) >= 11 is 0. The number of fused-ring (bicyclic) bond motifs is 5. The van der Waals surface area contributed by atoms with Crippen LogP contribution in [0.15, 0.2) is 12.2 Å². The summed E-state index contributed by atoms with van der Waals surface area (Å²) in [4.78, 5) is 0. The molecule has 3 saturated carbocycles. The van der Waals surface area contributed by atoms with E-state index in [0.717, 1.165) is 24.7 Å². The van der Waals surface area contributed by atoms with Crippen LogP contribution in [0.1, 0.15) is 64.7 Å². The van der Waals surface area contributed by atoms with Crippen LogP contribution in [0, 0.1) is 34.5 Å². The highest BCUT2D eigenvalue weighted by atomic mass is 16.3. The van der Waals surface area contributed by atoms with E-state index in [2.05, 4.69) is 19.1 Å². The van der Waals surface area contributed by atoms with Gasteiger partial charge in [-0.25, -0.2) is 0 Å². The van der Waals surface area contributed by atoms with Gasteiger partial charge in [-0.15, -0.1) is 0 Å². The lowest BCUT2D eigenvalue weighted by Gasteiger charge is -2.62. The van der Waals surface area contributed by atoms with Gasteiger partial charge in [-0.2, -0.15) is 0 Å². The van der Waals surface area contributed by atoms with Crippen LogP contribution in [0.4, 0.5) is 0 Å². The summed E-state index contributed by atoms with van der Waals surface area (Å²) in [7, 11) is 0. The van der Waals surface area contributed by atoms with E-state index in [1.807, 2.05) is 0 Å². The highest BCUT2D eigenvalue weighted by Crippen LogP contribution is 2.66. The van der Waals surface area contributed by atoms with Gasteiger partial charge in [-0.05, 0) is 79.4 Å². The van der Waals surface area contributed by atoms with Crippen LogP contribution < -0.4 is 0 Å². The molecule has 0 aliphatic heterocycles. The number of hydrogen-bond acceptors (Lipinski definition) is 2.